The van der Waals surface area contributed by atoms with Crippen molar-refractivity contribution in [2.24, 2.45) is 0 Å². The van der Waals surface area contributed by atoms with Crippen LogP contribution in [0.1, 0.15) is 29.3 Å². The van der Waals surface area contributed by atoms with E-state index in [0.29, 0.717) is 11.6 Å². The highest BCUT2D eigenvalue weighted by Crippen LogP contribution is 2.29. The lowest BCUT2D eigenvalue weighted by molar-refractivity contribution is 0.573. The molecule has 4 rings (SSSR count). The summed E-state index contributed by atoms with van der Waals surface area (Å²) in [6, 6.07) is 14.6. The lowest BCUT2D eigenvalue weighted by atomic mass is 10.1. The summed E-state index contributed by atoms with van der Waals surface area (Å²) in [7, 11) is 0. The van der Waals surface area contributed by atoms with E-state index in [0.717, 1.165) is 34.3 Å². The van der Waals surface area contributed by atoms with Crippen LogP contribution in [0, 0.1) is 20.8 Å². The van der Waals surface area contributed by atoms with Gasteiger partial charge in [0.05, 0.1) is 5.69 Å². The third-order valence-electron chi connectivity index (χ3n) is 4.93. The maximum atomic E-state index is 5.74. The fourth-order valence-electron chi connectivity index (χ4n) is 3.39. The van der Waals surface area contributed by atoms with Gasteiger partial charge in [-0.25, -0.2) is 4.98 Å². The molecular weight excluding hydrogens is 380 g/mol. The molecule has 4 aromatic rings. The minimum Gasteiger partial charge on any atom is -0.444 e. The van der Waals surface area contributed by atoms with Gasteiger partial charge in [-0.3, -0.25) is 0 Å². The standard InChI is InChI=1S/C23H24N4OS/c1-5-27-21(19-9-7-6-8-16(19)3)25-26-23(27)29-14-18-13-28-22(24-18)20-11-10-15(2)12-17(20)4/h6-13H,5,14H2,1-4H3. The van der Waals surface area contributed by atoms with Gasteiger partial charge in [-0.15, -0.1) is 10.2 Å². The smallest absolute Gasteiger partial charge is 0.226 e. The van der Waals surface area contributed by atoms with Crippen molar-refractivity contribution in [1.82, 2.24) is 19.7 Å². The van der Waals surface area contributed by atoms with Gasteiger partial charge in [-0.05, 0) is 44.9 Å². The number of aryl methyl sites for hydroxylation is 3. The Morgan fingerprint density at radius 3 is 2.55 bits per heavy atom. The Morgan fingerprint density at radius 1 is 0.966 bits per heavy atom. The van der Waals surface area contributed by atoms with Gasteiger partial charge >= 0.3 is 0 Å². The van der Waals surface area contributed by atoms with Gasteiger partial charge in [0.25, 0.3) is 0 Å². The maximum absolute atomic E-state index is 5.74. The van der Waals surface area contributed by atoms with Crippen LogP contribution in [-0.4, -0.2) is 19.7 Å². The zero-order valence-corrected chi connectivity index (χ0v) is 18.0. The minimum absolute atomic E-state index is 0.663. The second kappa shape index (κ2) is 8.25. The fraction of sp³-hybridized carbons (Fsp3) is 0.261. The first-order chi connectivity index (χ1) is 14.1. The van der Waals surface area contributed by atoms with Gasteiger partial charge in [-0.2, -0.15) is 0 Å². The number of aromatic nitrogens is 4. The fourth-order valence-corrected chi connectivity index (χ4v) is 4.27. The van der Waals surface area contributed by atoms with Crippen molar-refractivity contribution < 1.29 is 4.42 Å². The number of benzene rings is 2. The Bertz CT molecular complexity index is 1150. The molecule has 0 aliphatic rings. The molecule has 0 aliphatic heterocycles. The van der Waals surface area contributed by atoms with E-state index in [1.807, 2.05) is 12.1 Å². The predicted molar refractivity (Wildman–Crippen MR) is 117 cm³/mol. The summed E-state index contributed by atoms with van der Waals surface area (Å²) >= 11 is 1.63. The highest BCUT2D eigenvalue weighted by molar-refractivity contribution is 7.98. The molecule has 6 heteroatoms. The molecular formula is C23H24N4OS. The molecule has 2 aromatic carbocycles. The highest BCUT2D eigenvalue weighted by atomic mass is 32.2. The number of oxazole rings is 1. The van der Waals surface area contributed by atoms with Crippen molar-refractivity contribution >= 4 is 11.8 Å². The van der Waals surface area contributed by atoms with Crippen molar-refractivity contribution in [2.75, 3.05) is 0 Å². The molecule has 2 aromatic heterocycles. The topological polar surface area (TPSA) is 56.7 Å². The van der Waals surface area contributed by atoms with E-state index < -0.39 is 0 Å². The van der Waals surface area contributed by atoms with Crippen LogP contribution >= 0.6 is 11.8 Å². The third-order valence-corrected chi connectivity index (χ3v) is 5.93. The molecule has 0 bridgehead atoms. The molecule has 2 heterocycles. The van der Waals surface area contributed by atoms with Crippen LogP contribution in [0.2, 0.25) is 0 Å². The average Bonchev–Trinajstić information content (AvgIpc) is 3.33. The number of rotatable bonds is 6. The third kappa shape index (κ3) is 3.98. The SMILES string of the molecule is CCn1c(SCc2coc(-c3ccc(C)cc3C)n2)nnc1-c1ccccc1C. The molecule has 0 unspecified atom stereocenters. The van der Waals surface area contributed by atoms with E-state index in [9.17, 15) is 0 Å². The van der Waals surface area contributed by atoms with Crippen molar-refractivity contribution in [1.29, 1.82) is 0 Å². The van der Waals surface area contributed by atoms with Crippen molar-refractivity contribution in [3.05, 3.63) is 71.1 Å². The van der Waals surface area contributed by atoms with Gasteiger partial charge in [0, 0.05) is 23.4 Å². The Kier molecular flexibility index (Phi) is 5.53. The first-order valence-electron chi connectivity index (χ1n) is 9.71. The molecule has 0 atom stereocenters. The van der Waals surface area contributed by atoms with E-state index in [1.165, 1.54) is 16.7 Å². The van der Waals surface area contributed by atoms with Crippen molar-refractivity contribution in [3.8, 4) is 22.8 Å². The number of thioether (sulfide) groups is 1. The summed E-state index contributed by atoms with van der Waals surface area (Å²) in [5.41, 5.74) is 6.64. The quantitative estimate of drug-likeness (QED) is 0.378. The molecule has 0 N–H and O–H groups in total. The molecule has 148 valence electrons. The average molecular weight is 405 g/mol. The maximum Gasteiger partial charge on any atom is 0.226 e. The van der Waals surface area contributed by atoms with Crippen LogP contribution < -0.4 is 0 Å². The van der Waals surface area contributed by atoms with Crippen LogP contribution in [0.3, 0.4) is 0 Å². The van der Waals surface area contributed by atoms with E-state index in [2.05, 4.69) is 77.8 Å². The van der Waals surface area contributed by atoms with E-state index in [1.54, 1.807) is 18.0 Å². The number of nitrogens with zero attached hydrogens (tertiary/aromatic N) is 4. The summed E-state index contributed by atoms with van der Waals surface area (Å²) < 4.78 is 7.89. The molecule has 0 aliphatic carbocycles. The summed E-state index contributed by atoms with van der Waals surface area (Å²) in [5, 5.41) is 9.77. The molecule has 29 heavy (non-hydrogen) atoms. The van der Waals surface area contributed by atoms with Crippen LogP contribution in [0.4, 0.5) is 0 Å². The Morgan fingerprint density at radius 2 is 1.79 bits per heavy atom. The highest BCUT2D eigenvalue weighted by Gasteiger charge is 2.16. The van der Waals surface area contributed by atoms with Crippen LogP contribution in [-0.2, 0) is 12.3 Å². The molecule has 0 radical (unpaired) electrons. The lowest BCUT2D eigenvalue weighted by Gasteiger charge is -2.08. The van der Waals surface area contributed by atoms with Gasteiger partial charge in [0.1, 0.15) is 6.26 Å². The van der Waals surface area contributed by atoms with Crippen molar-refractivity contribution in [2.45, 2.75) is 45.1 Å². The van der Waals surface area contributed by atoms with Gasteiger partial charge in [-0.1, -0.05) is 53.7 Å². The van der Waals surface area contributed by atoms with E-state index in [-0.39, 0.29) is 0 Å². The minimum atomic E-state index is 0.663. The number of hydrogen-bond donors (Lipinski definition) is 0. The second-order valence-corrected chi connectivity index (χ2v) is 8.06. The summed E-state index contributed by atoms with van der Waals surface area (Å²) in [6.45, 7) is 9.19. The summed E-state index contributed by atoms with van der Waals surface area (Å²) in [5.74, 6) is 2.25. The lowest BCUT2D eigenvalue weighted by Crippen LogP contribution is -2.00. The van der Waals surface area contributed by atoms with E-state index >= 15 is 0 Å². The van der Waals surface area contributed by atoms with Crippen molar-refractivity contribution in [3.63, 3.8) is 0 Å². The largest absolute Gasteiger partial charge is 0.444 e. The zero-order chi connectivity index (χ0) is 20.4. The van der Waals surface area contributed by atoms with Gasteiger partial charge in [0.2, 0.25) is 5.89 Å². The molecule has 0 amide bonds. The van der Waals surface area contributed by atoms with Gasteiger partial charge < -0.3 is 8.98 Å². The first kappa shape index (κ1) is 19.5. The molecule has 5 nitrogen and oxygen atoms in total. The van der Waals surface area contributed by atoms with Crippen LogP contribution in [0.5, 0.6) is 0 Å². The zero-order valence-electron chi connectivity index (χ0n) is 17.1. The molecule has 0 spiro atoms. The monoisotopic (exact) mass is 404 g/mol. The molecule has 0 saturated carbocycles. The molecule has 0 saturated heterocycles. The Labute approximate surface area is 175 Å². The van der Waals surface area contributed by atoms with Crippen LogP contribution in [0.15, 0.2) is 58.3 Å². The normalized spacial score (nSPS) is 11.2. The second-order valence-electron chi connectivity index (χ2n) is 7.12. The predicted octanol–water partition coefficient (Wildman–Crippen LogP) is 5.84. The molecule has 0 fully saturated rings. The van der Waals surface area contributed by atoms with E-state index in [4.69, 9.17) is 4.42 Å². The summed E-state index contributed by atoms with van der Waals surface area (Å²) in [4.78, 5) is 4.68. The summed E-state index contributed by atoms with van der Waals surface area (Å²) in [6.07, 6.45) is 1.73. The first-order valence-corrected chi connectivity index (χ1v) is 10.7. The van der Waals surface area contributed by atoms with Crippen LogP contribution in [0.25, 0.3) is 22.8 Å². The van der Waals surface area contributed by atoms with Gasteiger partial charge in [0.15, 0.2) is 11.0 Å². The Hall–Kier alpha value is -2.86. The Balaban J connectivity index is 1.53. The number of hydrogen-bond acceptors (Lipinski definition) is 5.